The van der Waals surface area contributed by atoms with Gasteiger partial charge in [-0.05, 0) is 18.3 Å². The largest absolute Gasteiger partial charge is 0.481 e. The summed E-state index contributed by atoms with van der Waals surface area (Å²) in [5.74, 6) is -0.914. The molecule has 0 radical (unpaired) electrons. The van der Waals surface area contributed by atoms with E-state index in [1.165, 1.54) is 0 Å². The van der Waals surface area contributed by atoms with Gasteiger partial charge in [0.15, 0.2) is 0 Å². The number of hydrogen-bond acceptors (Lipinski definition) is 3. The molecular formula is C13H24N2O4. The lowest BCUT2D eigenvalue weighted by Gasteiger charge is -2.36. The first-order valence-corrected chi connectivity index (χ1v) is 6.54. The van der Waals surface area contributed by atoms with Crippen LogP contribution in [-0.4, -0.2) is 42.4 Å². The minimum atomic E-state index is -0.914. The lowest BCUT2D eigenvalue weighted by Crippen LogP contribution is -2.55. The van der Waals surface area contributed by atoms with Gasteiger partial charge in [0.25, 0.3) is 0 Å². The zero-order chi connectivity index (χ0) is 14.6. The minimum Gasteiger partial charge on any atom is -0.481 e. The number of carbonyl (C=O) groups is 2. The Morgan fingerprint density at radius 2 is 1.95 bits per heavy atom. The second kappa shape index (κ2) is 6.23. The number of urea groups is 1. The van der Waals surface area contributed by atoms with E-state index in [4.69, 9.17) is 9.84 Å². The summed E-state index contributed by atoms with van der Waals surface area (Å²) in [5.41, 5.74) is -0.301. The van der Waals surface area contributed by atoms with Crippen LogP contribution < -0.4 is 10.6 Å². The van der Waals surface area contributed by atoms with Crippen molar-refractivity contribution in [2.45, 2.75) is 58.2 Å². The molecule has 0 heterocycles. The summed E-state index contributed by atoms with van der Waals surface area (Å²) < 4.78 is 5.14. The predicted molar refractivity (Wildman–Crippen MR) is 71.0 cm³/mol. The summed E-state index contributed by atoms with van der Waals surface area (Å²) in [6.45, 7) is 5.72. The van der Waals surface area contributed by atoms with Gasteiger partial charge < -0.3 is 20.5 Å². The molecule has 1 rings (SSSR count). The van der Waals surface area contributed by atoms with E-state index in [1.54, 1.807) is 7.11 Å². The molecule has 3 N–H and O–H groups in total. The van der Waals surface area contributed by atoms with E-state index in [0.717, 1.165) is 12.8 Å². The van der Waals surface area contributed by atoms with Crippen molar-refractivity contribution in [2.75, 3.05) is 7.11 Å². The SMILES string of the molecule is COC1CC(NC(=O)NC(CC(=O)O)C(C)(C)C)C1. The molecule has 0 bridgehead atoms. The van der Waals surface area contributed by atoms with Crippen LogP contribution in [0.4, 0.5) is 4.79 Å². The van der Waals surface area contributed by atoms with Gasteiger partial charge in [-0.15, -0.1) is 0 Å². The molecule has 19 heavy (non-hydrogen) atoms. The number of carbonyl (C=O) groups excluding carboxylic acids is 1. The number of methoxy groups -OCH3 is 1. The number of nitrogens with one attached hydrogen (secondary N) is 2. The van der Waals surface area contributed by atoms with Crippen LogP contribution in [-0.2, 0) is 9.53 Å². The van der Waals surface area contributed by atoms with Gasteiger partial charge in [-0.1, -0.05) is 20.8 Å². The molecule has 110 valence electrons. The Kier molecular flexibility index (Phi) is 5.17. The molecular weight excluding hydrogens is 248 g/mol. The first-order valence-electron chi connectivity index (χ1n) is 6.54. The van der Waals surface area contributed by atoms with E-state index < -0.39 is 12.0 Å². The number of ether oxygens (including phenoxy) is 1. The molecule has 1 saturated carbocycles. The van der Waals surface area contributed by atoms with Gasteiger partial charge in [0.2, 0.25) is 0 Å². The summed E-state index contributed by atoms with van der Waals surface area (Å²) in [6.07, 6.45) is 1.76. The molecule has 2 amide bonds. The Morgan fingerprint density at radius 1 is 1.37 bits per heavy atom. The van der Waals surface area contributed by atoms with Crippen molar-refractivity contribution in [3.05, 3.63) is 0 Å². The predicted octanol–water partition coefficient (Wildman–Crippen LogP) is 1.35. The van der Waals surface area contributed by atoms with Crippen LogP contribution >= 0.6 is 0 Å². The van der Waals surface area contributed by atoms with Crippen LogP contribution in [0.15, 0.2) is 0 Å². The van der Waals surface area contributed by atoms with E-state index in [2.05, 4.69) is 10.6 Å². The molecule has 0 aromatic heterocycles. The Hall–Kier alpha value is -1.30. The molecule has 0 spiro atoms. The van der Waals surface area contributed by atoms with E-state index in [9.17, 15) is 9.59 Å². The Labute approximate surface area is 113 Å². The van der Waals surface area contributed by atoms with E-state index >= 15 is 0 Å². The van der Waals surface area contributed by atoms with Crippen LogP contribution in [0.5, 0.6) is 0 Å². The summed E-state index contributed by atoms with van der Waals surface area (Å²) in [5, 5.41) is 14.5. The first kappa shape index (κ1) is 15.8. The summed E-state index contributed by atoms with van der Waals surface area (Å²) >= 11 is 0. The maximum absolute atomic E-state index is 11.8. The van der Waals surface area contributed by atoms with E-state index in [0.29, 0.717) is 0 Å². The monoisotopic (exact) mass is 272 g/mol. The highest BCUT2D eigenvalue weighted by Gasteiger charge is 2.32. The highest BCUT2D eigenvalue weighted by molar-refractivity contribution is 5.76. The average Bonchev–Trinajstić information content (AvgIpc) is 2.19. The number of carboxylic acids is 1. The van der Waals surface area contributed by atoms with E-state index in [1.807, 2.05) is 20.8 Å². The molecule has 1 aliphatic carbocycles. The van der Waals surface area contributed by atoms with Gasteiger partial charge in [0, 0.05) is 19.2 Å². The molecule has 1 aliphatic rings. The first-order chi connectivity index (χ1) is 8.72. The highest BCUT2D eigenvalue weighted by atomic mass is 16.5. The van der Waals surface area contributed by atoms with Gasteiger partial charge in [0.05, 0.1) is 12.5 Å². The Morgan fingerprint density at radius 3 is 2.37 bits per heavy atom. The number of carboxylic acid groups (broad SMARTS) is 1. The zero-order valence-electron chi connectivity index (χ0n) is 12.0. The number of amides is 2. The van der Waals surface area contributed by atoms with Crippen LogP contribution in [0.3, 0.4) is 0 Å². The van der Waals surface area contributed by atoms with Crippen LogP contribution in [0.1, 0.15) is 40.0 Å². The molecule has 0 aliphatic heterocycles. The van der Waals surface area contributed by atoms with Crippen molar-refractivity contribution in [3.63, 3.8) is 0 Å². The second-order valence-corrected chi connectivity index (χ2v) is 6.16. The maximum Gasteiger partial charge on any atom is 0.315 e. The molecule has 0 aromatic rings. The topological polar surface area (TPSA) is 87.7 Å². The highest BCUT2D eigenvalue weighted by Crippen LogP contribution is 2.24. The van der Waals surface area contributed by atoms with Crippen molar-refractivity contribution in [2.24, 2.45) is 5.41 Å². The smallest absolute Gasteiger partial charge is 0.315 e. The van der Waals surface area contributed by atoms with Crippen molar-refractivity contribution in [3.8, 4) is 0 Å². The van der Waals surface area contributed by atoms with Crippen molar-refractivity contribution < 1.29 is 19.4 Å². The molecule has 0 aromatic carbocycles. The van der Waals surface area contributed by atoms with Gasteiger partial charge in [-0.25, -0.2) is 4.79 Å². The van der Waals surface area contributed by atoms with Crippen molar-refractivity contribution in [1.82, 2.24) is 10.6 Å². The van der Waals surface area contributed by atoms with Gasteiger partial charge in [-0.2, -0.15) is 0 Å². The fourth-order valence-corrected chi connectivity index (χ4v) is 2.01. The average molecular weight is 272 g/mol. The van der Waals surface area contributed by atoms with Crippen LogP contribution in [0.25, 0.3) is 0 Å². The lowest BCUT2D eigenvalue weighted by molar-refractivity contribution is -0.138. The van der Waals surface area contributed by atoms with Crippen LogP contribution in [0, 0.1) is 5.41 Å². The molecule has 6 nitrogen and oxygen atoms in total. The summed E-state index contributed by atoms with van der Waals surface area (Å²) in [4.78, 5) is 22.6. The minimum absolute atomic E-state index is 0.0811. The van der Waals surface area contributed by atoms with Gasteiger partial charge in [0.1, 0.15) is 0 Å². The van der Waals surface area contributed by atoms with Crippen LogP contribution in [0.2, 0.25) is 0 Å². The van der Waals surface area contributed by atoms with E-state index in [-0.39, 0.29) is 30.0 Å². The number of hydrogen-bond donors (Lipinski definition) is 3. The zero-order valence-corrected chi connectivity index (χ0v) is 12.0. The fourth-order valence-electron chi connectivity index (χ4n) is 2.01. The van der Waals surface area contributed by atoms with Gasteiger partial charge in [-0.3, -0.25) is 4.79 Å². The third kappa shape index (κ3) is 5.06. The molecule has 6 heteroatoms. The second-order valence-electron chi connectivity index (χ2n) is 6.16. The number of rotatable bonds is 5. The molecule has 0 saturated heterocycles. The van der Waals surface area contributed by atoms with Gasteiger partial charge >= 0.3 is 12.0 Å². The third-order valence-electron chi connectivity index (χ3n) is 3.49. The molecule has 1 atom stereocenters. The van der Waals surface area contributed by atoms with Crippen molar-refractivity contribution >= 4 is 12.0 Å². The fraction of sp³-hybridized carbons (Fsp3) is 0.846. The third-order valence-corrected chi connectivity index (χ3v) is 3.49. The molecule has 1 fully saturated rings. The summed E-state index contributed by atoms with van der Waals surface area (Å²) in [7, 11) is 1.66. The normalized spacial score (nSPS) is 24.2. The number of aliphatic carboxylic acids is 1. The molecule has 1 unspecified atom stereocenters. The maximum atomic E-state index is 11.8. The Balaban J connectivity index is 2.41. The van der Waals surface area contributed by atoms with Crippen molar-refractivity contribution in [1.29, 1.82) is 0 Å². The standard InChI is InChI=1S/C13H24N2O4/c1-13(2,3)10(7-11(16)17)15-12(18)14-8-5-9(6-8)19-4/h8-10H,5-7H2,1-4H3,(H,16,17)(H2,14,15,18). The lowest BCUT2D eigenvalue weighted by atomic mass is 9.85. The Bertz CT molecular complexity index is 332. The quantitative estimate of drug-likeness (QED) is 0.705. The summed E-state index contributed by atoms with van der Waals surface area (Å²) in [6, 6.07) is -0.584.